The van der Waals surface area contributed by atoms with Gasteiger partial charge in [-0.05, 0) is 25.7 Å². The van der Waals surface area contributed by atoms with Crippen molar-refractivity contribution in [2.24, 2.45) is 0 Å². The number of hydrogen-bond acceptors (Lipinski definition) is 4. The van der Waals surface area contributed by atoms with Gasteiger partial charge < -0.3 is 10.0 Å². The minimum atomic E-state index is -1.12. The van der Waals surface area contributed by atoms with E-state index in [9.17, 15) is 9.90 Å². The molecule has 1 saturated carbocycles. The maximum Gasteiger partial charge on any atom is 0.254 e. The Kier molecular flexibility index (Phi) is 3.74. The molecule has 0 aromatic carbocycles. The first-order valence-electron chi connectivity index (χ1n) is 7.56. The molecule has 20 heavy (non-hydrogen) atoms. The third kappa shape index (κ3) is 2.57. The maximum atomic E-state index is 12.6. The van der Waals surface area contributed by atoms with Crippen LogP contribution in [0.2, 0.25) is 0 Å². The van der Waals surface area contributed by atoms with Crippen LogP contribution in [0.25, 0.3) is 0 Å². The second kappa shape index (κ2) is 5.52. The Morgan fingerprint density at radius 2 is 2.15 bits per heavy atom. The van der Waals surface area contributed by atoms with Crippen molar-refractivity contribution < 1.29 is 9.90 Å². The van der Waals surface area contributed by atoms with Crippen LogP contribution >= 0.6 is 0 Å². The molecule has 1 aliphatic carbocycles. The molecular formula is C14H22N4O2. The van der Waals surface area contributed by atoms with E-state index >= 15 is 0 Å². The summed E-state index contributed by atoms with van der Waals surface area (Å²) < 4.78 is 0. The molecule has 2 fully saturated rings. The molecule has 6 nitrogen and oxygen atoms in total. The third-order valence-corrected chi connectivity index (χ3v) is 4.61. The summed E-state index contributed by atoms with van der Waals surface area (Å²) in [5.41, 5.74) is -1.12. The van der Waals surface area contributed by atoms with Gasteiger partial charge in [0.1, 0.15) is 17.8 Å². The topological polar surface area (TPSA) is 82.1 Å². The van der Waals surface area contributed by atoms with Crippen molar-refractivity contribution in [3.05, 3.63) is 12.2 Å². The van der Waals surface area contributed by atoms with Gasteiger partial charge >= 0.3 is 0 Å². The molecule has 6 heteroatoms. The molecule has 1 atom stereocenters. The first kappa shape index (κ1) is 13.5. The highest BCUT2D eigenvalue weighted by Crippen LogP contribution is 2.32. The lowest BCUT2D eigenvalue weighted by Crippen LogP contribution is -2.52. The van der Waals surface area contributed by atoms with Crippen LogP contribution in [0, 0.1) is 0 Å². The second-order valence-electron chi connectivity index (χ2n) is 6.05. The summed E-state index contributed by atoms with van der Waals surface area (Å²) in [6, 6.07) is 0. The summed E-state index contributed by atoms with van der Waals surface area (Å²) in [6.45, 7) is 1.38. The Morgan fingerprint density at radius 3 is 2.85 bits per heavy atom. The van der Waals surface area contributed by atoms with Gasteiger partial charge in [0.2, 0.25) is 0 Å². The molecule has 1 unspecified atom stereocenters. The number of nitrogens with zero attached hydrogens (tertiary/aromatic N) is 3. The van der Waals surface area contributed by atoms with Crippen LogP contribution in [0.1, 0.15) is 56.7 Å². The highest BCUT2D eigenvalue weighted by atomic mass is 16.3. The lowest BCUT2D eigenvalue weighted by molar-refractivity contribution is -0.156. The predicted molar refractivity (Wildman–Crippen MR) is 73.0 cm³/mol. The molecule has 2 heterocycles. The standard InChI is InChI=1S/C14H22N4O2/c19-13(14(20)6-2-1-3-7-14)18-8-4-5-11(9-18)12-15-10-16-17-12/h10-11,20H,1-9H2,(H,15,16,17). The minimum Gasteiger partial charge on any atom is -0.380 e. The van der Waals surface area contributed by atoms with Gasteiger partial charge in [0.25, 0.3) is 5.91 Å². The number of piperidine rings is 1. The van der Waals surface area contributed by atoms with E-state index in [1.807, 2.05) is 4.90 Å². The number of rotatable bonds is 2. The monoisotopic (exact) mass is 278 g/mol. The Balaban J connectivity index is 1.68. The van der Waals surface area contributed by atoms with Crippen LogP contribution in [0.15, 0.2) is 6.33 Å². The van der Waals surface area contributed by atoms with E-state index in [-0.39, 0.29) is 11.8 Å². The fraction of sp³-hybridized carbons (Fsp3) is 0.786. The first-order valence-corrected chi connectivity index (χ1v) is 7.56. The Hall–Kier alpha value is -1.43. The molecule has 1 saturated heterocycles. The van der Waals surface area contributed by atoms with Crippen molar-refractivity contribution in [1.82, 2.24) is 20.1 Å². The van der Waals surface area contributed by atoms with E-state index in [2.05, 4.69) is 15.2 Å². The fourth-order valence-electron chi connectivity index (χ4n) is 3.44. The molecule has 110 valence electrons. The summed E-state index contributed by atoms with van der Waals surface area (Å²) in [4.78, 5) is 18.6. The van der Waals surface area contributed by atoms with Gasteiger partial charge in [-0.25, -0.2) is 4.98 Å². The van der Waals surface area contributed by atoms with Crippen LogP contribution in [0.4, 0.5) is 0 Å². The summed E-state index contributed by atoms with van der Waals surface area (Å²) in [7, 11) is 0. The van der Waals surface area contributed by atoms with Crippen molar-refractivity contribution in [2.75, 3.05) is 13.1 Å². The maximum absolute atomic E-state index is 12.6. The molecule has 3 rings (SSSR count). The van der Waals surface area contributed by atoms with Crippen molar-refractivity contribution in [3.63, 3.8) is 0 Å². The van der Waals surface area contributed by atoms with Crippen LogP contribution in [0.5, 0.6) is 0 Å². The predicted octanol–water partition coefficient (Wildman–Crippen LogP) is 1.21. The van der Waals surface area contributed by atoms with Crippen molar-refractivity contribution in [1.29, 1.82) is 0 Å². The Bertz CT molecular complexity index is 454. The molecular weight excluding hydrogens is 256 g/mol. The molecule has 1 aliphatic heterocycles. The van der Waals surface area contributed by atoms with E-state index in [0.717, 1.165) is 44.5 Å². The Morgan fingerprint density at radius 1 is 1.35 bits per heavy atom. The number of nitrogens with one attached hydrogen (secondary N) is 1. The zero-order valence-corrected chi connectivity index (χ0v) is 11.7. The van der Waals surface area contributed by atoms with E-state index in [4.69, 9.17) is 0 Å². The summed E-state index contributed by atoms with van der Waals surface area (Å²) in [6.07, 6.45) is 7.69. The molecule has 0 bridgehead atoms. The molecule has 1 amide bonds. The molecule has 2 aliphatic rings. The molecule has 2 N–H and O–H groups in total. The van der Waals surface area contributed by atoms with Gasteiger partial charge in [-0.3, -0.25) is 9.89 Å². The van der Waals surface area contributed by atoms with Crippen LogP contribution < -0.4 is 0 Å². The van der Waals surface area contributed by atoms with Crippen LogP contribution in [0.3, 0.4) is 0 Å². The molecule has 1 aromatic rings. The SMILES string of the molecule is O=C(N1CCCC(c2ncn[nH]2)C1)C1(O)CCCCC1. The molecule has 0 spiro atoms. The van der Waals surface area contributed by atoms with E-state index < -0.39 is 5.60 Å². The van der Waals surface area contributed by atoms with Gasteiger partial charge in [0, 0.05) is 19.0 Å². The zero-order valence-electron chi connectivity index (χ0n) is 11.7. The number of H-pyrrole nitrogens is 1. The second-order valence-corrected chi connectivity index (χ2v) is 6.05. The number of likely N-dealkylation sites (tertiary alicyclic amines) is 1. The first-order chi connectivity index (χ1) is 9.69. The average Bonchev–Trinajstić information content (AvgIpc) is 3.02. The van der Waals surface area contributed by atoms with Crippen LogP contribution in [-0.2, 0) is 4.79 Å². The van der Waals surface area contributed by atoms with Crippen LogP contribution in [-0.4, -0.2) is 49.8 Å². The number of aliphatic hydroxyl groups is 1. The van der Waals surface area contributed by atoms with Gasteiger partial charge in [0.05, 0.1) is 0 Å². The highest BCUT2D eigenvalue weighted by molar-refractivity contribution is 5.85. The summed E-state index contributed by atoms with van der Waals surface area (Å²) in [5, 5.41) is 17.4. The zero-order chi connectivity index (χ0) is 14.0. The largest absolute Gasteiger partial charge is 0.380 e. The summed E-state index contributed by atoms with van der Waals surface area (Å²) in [5.74, 6) is 0.974. The van der Waals surface area contributed by atoms with Crippen molar-refractivity contribution >= 4 is 5.91 Å². The lowest BCUT2D eigenvalue weighted by atomic mass is 9.83. The lowest BCUT2D eigenvalue weighted by Gasteiger charge is -2.39. The number of carbonyl (C=O) groups excluding carboxylic acids is 1. The van der Waals surface area contributed by atoms with Gasteiger partial charge in [0.15, 0.2) is 0 Å². The van der Waals surface area contributed by atoms with E-state index in [0.29, 0.717) is 19.4 Å². The number of aromatic nitrogens is 3. The normalized spacial score (nSPS) is 26.4. The van der Waals surface area contributed by atoms with Crippen molar-refractivity contribution in [3.8, 4) is 0 Å². The van der Waals surface area contributed by atoms with Gasteiger partial charge in [-0.1, -0.05) is 19.3 Å². The fourth-order valence-corrected chi connectivity index (χ4v) is 3.44. The molecule has 0 radical (unpaired) electrons. The number of carbonyl (C=O) groups is 1. The number of aromatic amines is 1. The number of hydrogen-bond donors (Lipinski definition) is 2. The van der Waals surface area contributed by atoms with E-state index in [1.54, 1.807) is 0 Å². The van der Waals surface area contributed by atoms with Gasteiger partial charge in [-0.15, -0.1) is 0 Å². The summed E-state index contributed by atoms with van der Waals surface area (Å²) >= 11 is 0. The molecule has 1 aromatic heterocycles. The smallest absolute Gasteiger partial charge is 0.254 e. The van der Waals surface area contributed by atoms with E-state index in [1.165, 1.54) is 6.33 Å². The number of amides is 1. The third-order valence-electron chi connectivity index (χ3n) is 4.61. The quantitative estimate of drug-likeness (QED) is 0.851. The highest BCUT2D eigenvalue weighted by Gasteiger charge is 2.41. The minimum absolute atomic E-state index is 0.0820. The Labute approximate surface area is 118 Å². The van der Waals surface area contributed by atoms with Gasteiger partial charge in [-0.2, -0.15) is 5.10 Å². The average molecular weight is 278 g/mol. The van der Waals surface area contributed by atoms with Crippen molar-refractivity contribution in [2.45, 2.75) is 56.5 Å².